The van der Waals surface area contributed by atoms with Crippen LogP contribution in [0.1, 0.15) is 57.8 Å². The topological polar surface area (TPSA) is 17.1 Å². The molecule has 2 nitrogen and oxygen atoms in total. The van der Waals surface area contributed by atoms with E-state index in [1.807, 2.05) is 0 Å². The first-order chi connectivity index (χ1) is 8.45. The summed E-state index contributed by atoms with van der Waals surface area (Å²) in [6.45, 7) is 4.77. The molecule has 0 aliphatic heterocycles. The SMILES string of the molecule is C=CC(=O)CCCCCCCCCC[N+](C)(C)C. The van der Waals surface area contributed by atoms with Gasteiger partial charge in [0.1, 0.15) is 0 Å². The van der Waals surface area contributed by atoms with Crippen LogP contribution in [0.5, 0.6) is 0 Å². The summed E-state index contributed by atoms with van der Waals surface area (Å²) in [6, 6.07) is 0. The molecule has 0 aromatic carbocycles. The van der Waals surface area contributed by atoms with Gasteiger partial charge < -0.3 is 4.48 Å². The molecular formula is C16H32NO+. The van der Waals surface area contributed by atoms with Gasteiger partial charge in [0, 0.05) is 6.42 Å². The van der Waals surface area contributed by atoms with E-state index in [0.717, 1.165) is 10.9 Å². The minimum absolute atomic E-state index is 0.190. The molecule has 0 N–H and O–H groups in total. The Balaban J connectivity index is 3.12. The third kappa shape index (κ3) is 13.4. The third-order valence-electron chi connectivity index (χ3n) is 3.23. The van der Waals surface area contributed by atoms with Crippen molar-refractivity contribution < 1.29 is 9.28 Å². The number of unbranched alkanes of at least 4 members (excludes halogenated alkanes) is 7. The van der Waals surface area contributed by atoms with E-state index >= 15 is 0 Å². The van der Waals surface area contributed by atoms with Crippen molar-refractivity contribution in [3.63, 3.8) is 0 Å². The van der Waals surface area contributed by atoms with Crippen LogP contribution in [0.4, 0.5) is 0 Å². The van der Waals surface area contributed by atoms with E-state index in [4.69, 9.17) is 0 Å². The first-order valence-electron chi connectivity index (χ1n) is 7.41. The Hall–Kier alpha value is -0.630. The molecular weight excluding hydrogens is 222 g/mol. The van der Waals surface area contributed by atoms with Gasteiger partial charge in [-0.05, 0) is 25.3 Å². The zero-order chi connectivity index (χ0) is 13.9. The largest absolute Gasteiger partial charge is 0.331 e. The number of allylic oxidation sites excluding steroid dienone is 1. The number of carbonyl (C=O) groups excluding carboxylic acids is 1. The molecule has 0 aromatic rings. The molecule has 0 rings (SSSR count). The second-order valence-corrected chi connectivity index (χ2v) is 6.26. The normalized spacial score (nSPS) is 11.5. The van der Waals surface area contributed by atoms with Gasteiger partial charge in [-0.1, -0.05) is 38.7 Å². The van der Waals surface area contributed by atoms with Crippen LogP contribution in [0.3, 0.4) is 0 Å². The number of quaternary nitrogens is 1. The summed E-state index contributed by atoms with van der Waals surface area (Å²) in [4.78, 5) is 11.0. The van der Waals surface area contributed by atoms with Crippen LogP contribution in [0.2, 0.25) is 0 Å². The van der Waals surface area contributed by atoms with Crippen molar-refractivity contribution in [3.05, 3.63) is 12.7 Å². The van der Waals surface area contributed by atoms with Crippen LogP contribution in [-0.2, 0) is 4.79 Å². The van der Waals surface area contributed by atoms with E-state index in [0.29, 0.717) is 6.42 Å². The van der Waals surface area contributed by atoms with Gasteiger partial charge in [0.05, 0.1) is 27.7 Å². The fraction of sp³-hybridized carbons (Fsp3) is 0.812. The van der Waals surface area contributed by atoms with Gasteiger partial charge in [0.15, 0.2) is 5.78 Å². The van der Waals surface area contributed by atoms with Gasteiger partial charge >= 0.3 is 0 Å². The van der Waals surface area contributed by atoms with Gasteiger partial charge in [0.2, 0.25) is 0 Å². The molecule has 0 aliphatic rings. The second kappa shape index (κ2) is 10.3. The first-order valence-corrected chi connectivity index (χ1v) is 7.41. The van der Waals surface area contributed by atoms with E-state index < -0.39 is 0 Å². The molecule has 0 spiro atoms. The van der Waals surface area contributed by atoms with Gasteiger partial charge in [0.25, 0.3) is 0 Å². The quantitative estimate of drug-likeness (QED) is 0.293. The Bertz CT molecular complexity index is 228. The molecule has 0 aromatic heterocycles. The van der Waals surface area contributed by atoms with Crippen LogP contribution in [0, 0.1) is 0 Å². The molecule has 0 heterocycles. The molecule has 0 bridgehead atoms. The van der Waals surface area contributed by atoms with E-state index in [2.05, 4.69) is 27.7 Å². The lowest BCUT2D eigenvalue weighted by atomic mass is 10.1. The Kier molecular flexibility index (Phi) is 9.95. The van der Waals surface area contributed by atoms with E-state index in [9.17, 15) is 4.79 Å². The molecule has 106 valence electrons. The molecule has 18 heavy (non-hydrogen) atoms. The van der Waals surface area contributed by atoms with E-state index in [-0.39, 0.29) is 5.78 Å². The van der Waals surface area contributed by atoms with Gasteiger partial charge in [-0.25, -0.2) is 0 Å². The number of hydrogen-bond acceptors (Lipinski definition) is 1. The molecule has 0 radical (unpaired) electrons. The average Bonchev–Trinajstić information content (AvgIpc) is 2.29. The molecule has 0 saturated heterocycles. The van der Waals surface area contributed by atoms with E-state index in [1.165, 1.54) is 57.6 Å². The summed E-state index contributed by atoms with van der Waals surface area (Å²) < 4.78 is 1.08. The zero-order valence-corrected chi connectivity index (χ0v) is 12.7. The molecule has 0 unspecified atom stereocenters. The lowest BCUT2D eigenvalue weighted by Gasteiger charge is -2.23. The Morgan fingerprint density at radius 1 is 0.889 bits per heavy atom. The Labute approximate surface area is 114 Å². The van der Waals surface area contributed by atoms with Crippen LogP contribution in [0.25, 0.3) is 0 Å². The first kappa shape index (κ1) is 17.4. The van der Waals surface area contributed by atoms with Crippen molar-refractivity contribution in [2.45, 2.75) is 57.8 Å². The van der Waals surface area contributed by atoms with Crippen LogP contribution in [0.15, 0.2) is 12.7 Å². The van der Waals surface area contributed by atoms with Gasteiger partial charge in [-0.15, -0.1) is 0 Å². The number of hydrogen-bond donors (Lipinski definition) is 0. The van der Waals surface area contributed by atoms with Crippen molar-refractivity contribution >= 4 is 5.78 Å². The molecule has 2 heteroatoms. The standard InChI is InChI=1S/C16H32NO/c1-5-16(18)14-12-10-8-6-7-9-11-13-15-17(2,3)4/h5H,1,6-15H2,2-4H3/q+1. The lowest BCUT2D eigenvalue weighted by molar-refractivity contribution is -0.870. The summed E-state index contributed by atoms with van der Waals surface area (Å²) in [6.07, 6.45) is 12.4. The molecule has 0 atom stereocenters. The van der Waals surface area contributed by atoms with Gasteiger partial charge in [-0.3, -0.25) is 4.79 Å². The summed E-state index contributed by atoms with van der Waals surface area (Å²) in [7, 11) is 6.76. The van der Waals surface area contributed by atoms with Crippen LogP contribution < -0.4 is 0 Å². The minimum atomic E-state index is 0.190. The molecule has 0 saturated carbocycles. The number of nitrogens with zero attached hydrogens (tertiary/aromatic N) is 1. The van der Waals surface area contributed by atoms with Gasteiger partial charge in [-0.2, -0.15) is 0 Å². The predicted molar refractivity (Wildman–Crippen MR) is 79.7 cm³/mol. The maximum absolute atomic E-state index is 11.0. The average molecular weight is 254 g/mol. The third-order valence-corrected chi connectivity index (χ3v) is 3.23. The number of ketones is 1. The summed E-state index contributed by atoms with van der Waals surface area (Å²) in [5.41, 5.74) is 0. The maximum atomic E-state index is 11.0. The summed E-state index contributed by atoms with van der Waals surface area (Å²) >= 11 is 0. The highest BCUT2D eigenvalue weighted by Gasteiger charge is 2.04. The zero-order valence-electron chi connectivity index (χ0n) is 12.7. The Morgan fingerprint density at radius 2 is 1.33 bits per heavy atom. The lowest BCUT2D eigenvalue weighted by Crippen LogP contribution is -2.35. The smallest absolute Gasteiger partial charge is 0.155 e. The summed E-state index contributed by atoms with van der Waals surface area (Å²) in [5, 5.41) is 0. The fourth-order valence-electron chi connectivity index (χ4n) is 2.05. The summed E-state index contributed by atoms with van der Waals surface area (Å²) in [5.74, 6) is 0.190. The van der Waals surface area contributed by atoms with Crippen LogP contribution >= 0.6 is 0 Å². The van der Waals surface area contributed by atoms with Crippen molar-refractivity contribution in [2.24, 2.45) is 0 Å². The number of carbonyl (C=O) groups is 1. The van der Waals surface area contributed by atoms with Crippen molar-refractivity contribution in [2.75, 3.05) is 27.7 Å². The fourth-order valence-corrected chi connectivity index (χ4v) is 2.05. The molecule has 0 aliphatic carbocycles. The monoisotopic (exact) mass is 254 g/mol. The predicted octanol–water partition coefficient (Wildman–Crippen LogP) is 3.96. The minimum Gasteiger partial charge on any atom is -0.331 e. The highest BCUT2D eigenvalue weighted by Crippen LogP contribution is 2.10. The van der Waals surface area contributed by atoms with Crippen molar-refractivity contribution in [1.29, 1.82) is 0 Å². The molecule has 0 fully saturated rings. The molecule has 0 amide bonds. The Morgan fingerprint density at radius 3 is 1.78 bits per heavy atom. The maximum Gasteiger partial charge on any atom is 0.155 e. The number of rotatable bonds is 12. The van der Waals surface area contributed by atoms with Crippen molar-refractivity contribution in [1.82, 2.24) is 0 Å². The second-order valence-electron chi connectivity index (χ2n) is 6.26. The van der Waals surface area contributed by atoms with Crippen molar-refractivity contribution in [3.8, 4) is 0 Å². The van der Waals surface area contributed by atoms with Crippen LogP contribution in [-0.4, -0.2) is 38.0 Å². The van der Waals surface area contributed by atoms with E-state index in [1.54, 1.807) is 0 Å². The highest BCUT2D eigenvalue weighted by molar-refractivity contribution is 5.88. The highest BCUT2D eigenvalue weighted by atomic mass is 16.1.